The smallest absolute Gasteiger partial charge is 0.405 e. The van der Waals surface area contributed by atoms with Crippen molar-refractivity contribution in [2.45, 2.75) is 19.4 Å². The van der Waals surface area contributed by atoms with Crippen LogP contribution in [0.25, 0.3) is 0 Å². The molecule has 2 rings (SSSR count). The molecule has 1 aliphatic heterocycles. The van der Waals surface area contributed by atoms with Crippen LogP contribution in [0, 0.1) is 0 Å². The van der Waals surface area contributed by atoms with E-state index in [9.17, 15) is 9.59 Å². The zero-order chi connectivity index (χ0) is 21.4. The number of amides is 2. The van der Waals surface area contributed by atoms with Gasteiger partial charge < -0.3 is 20.3 Å². The third-order valence-corrected chi connectivity index (χ3v) is 5.92. The number of allylic oxidation sites excluding steroid dienone is 1. The summed E-state index contributed by atoms with van der Waals surface area (Å²) in [6.07, 6.45) is 3.60. The van der Waals surface area contributed by atoms with Crippen LogP contribution in [0.4, 0.5) is 10.6 Å². The first-order valence-electron chi connectivity index (χ1n) is 8.85. The number of rotatable bonds is 7. The molecule has 0 aliphatic carbocycles. The van der Waals surface area contributed by atoms with E-state index in [1.165, 1.54) is 0 Å². The van der Waals surface area contributed by atoms with Gasteiger partial charge >= 0.3 is 6.09 Å². The Labute approximate surface area is 190 Å². The first-order valence-corrected chi connectivity index (χ1v) is 12.4. The minimum atomic E-state index is -0.909. The lowest BCUT2D eigenvalue weighted by atomic mass is 10.1. The van der Waals surface area contributed by atoms with E-state index in [4.69, 9.17) is 33.7 Å². The van der Waals surface area contributed by atoms with Crippen molar-refractivity contribution in [1.82, 2.24) is 9.88 Å². The van der Waals surface area contributed by atoms with E-state index in [1.807, 2.05) is 28.1 Å². The van der Waals surface area contributed by atoms with E-state index in [0.717, 1.165) is 5.57 Å². The van der Waals surface area contributed by atoms with Gasteiger partial charge in [0.25, 0.3) is 0 Å². The van der Waals surface area contributed by atoms with E-state index in [-0.39, 0.29) is 12.3 Å². The molecule has 1 atom stereocenters. The first kappa shape index (κ1) is 23.6. The Morgan fingerprint density at radius 2 is 2.07 bits per heavy atom. The van der Waals surface area contributed by atoms with E-state index in [0.29, 0.717) is 42.0 Å². The fourth-order valence-electron chi connectivity index (χ4n) is 2.96. The summed E-state index contributed by atoms with van der Waals surface area (Å²) in [4.78, 5) is 32.2. The third-order valence-electron chi connectivity index (χ3n) is 4.27. The molecule has 2 amide bonds. The summed E-state index contributed by atoms with van der Waals surface area (Å²) in [5, 5.41) is 0.951. The second-order valence-corrected chi connectivity index (χ2v) is 8.57. The predicted molar refractivity (Wildman–Crippen MR) is 126 cm³/mol. The van der Waals surface area contributed by atoms with Crippen LogP contribution < -0.4 is 10.6 Å². The van der Waals surface area contributed by atoms with Gasteiger partial charge in [-0.3, -0.25) is 4.79 Å². The van der Waals surface area contributed by atoms with Crippen LogP contribution in [0.15, 0.2) is 34.1 Å². The molecule has 0 radical (unpaired) electrons. The lowest BCUT2D eigenvalue weighted by Gasteiger charge is -2.36. The molecule has 29 heavy (non-hydrogen) atoms. The van der Waals surface area contributed by atoms with Gasteiger partial charge in [0.05, 0.1) is 16.5 Å². The van der Waals surface area contributed by atoms with Crippen LogP contribution in [-0.2, 0) is 9.53 Å². The number of halogens is 3. The van der Waals surface area contributed by atoms with Gasteiger partial charge in [-0.1, -0.05) is 39.9 Å². The Bertz CT molecular complexity index is 824. The van der Waals surface area contributed by atoms with E-state index >= 15 is 0 Å². The highest BCUT2D eigenvalue weighted by molar-refractivity contribution is 14.2. The minimum Gasteiger partial charge on any atom is -0.441 e. The summed E-state index contributed by atoms with van der Waals surface area (Å²) in [5.74, 6) is 0.541. The van der Waals surface area contributed by atoms with Gasteiger partial charge in [0.15, 0.2) is 0 Å². The highest BCUT2D eigenvalue weighted by atomic mass is 127. The Hall–Kier alpha value is -1.65. The number of nitrogens with two attached hydrogens (primary N) is 1. The predicted octanol–water partition coefficient (Wildman–Crippen LogP) is 3.75. The molecule has 1 aromatic heterocycles. The standard InChI is InChI=1S/C19H23Cl2IN4O3/c1-3-4-13(11-22-2)16(29-19(23)28)10-17(27)25-5-7-26(8-6-25)18-15(21)9-14(20)12-24-18/h3-4,9,11-12,16H,2,5-8,10H2,1H3,(H2,23,28)/b4-3-,13-11+. The number of hydrogen-bond acceptors (Lipinski definition) is 5. The van der Waals surface area contributed by atoms with Crippen LogP contribution >= 0.6 is 43.9 Å². The van der Waals surface area contributed by atoms with Gasteiger partial charge in [0, 0.05) is 32.4 Å². The molecule has 1 unspecified atom stereocenters. The largest absolute Gasteiger partial charge is 0.441 e. The number of carbonyl (C=O) groups is 2. The van der Waals surface area contributed by atoms with Crippen LogP contribution in [-0.4, -0.2) is 58.7 Å². The molecule has 2 heterocycles. The molecule has 0 spiro atoms. The molecule has 10 heteroatoms. The Morgan fingerprint density at radius 1 is 1.38 bits per heavy atom. The lowest BCUT2D eigenvalue weighted by Crippen LogP contribution is -2.50. The highest BCUT2D eigenvalue weighted by Crippen LogP contribution is 2.27. The normalized spacial score (nSPS) is 16.2. The van der Waals surface area contributed by atoms with E-state index in [2.05, 4.69) is 9.50 Å². The molecule has 1 aromatic rings. The molecule has 1 fully saturated rings. The summed E-state index contributed by atoms with van der Waals surface area (Å²) in [7, 11) is 0. The fraction of sp³-hybridized carbons (Fsp3) is 0.368. The zero-order valence-corrected chi connectivity index (χ0v) is 19.7. The van der Waals surface area contributed by atoms with Gasteiger partial charge in [-0.05, 0) is 22.6 Å². The zero-order valence-electron chi connectivity index (χ0n) is 16.0. The van der Waals surface area contributed by atoms with Crippen LogP contribution in [0.2, 0.25) is 10.0 Å². The number of anilines is 1. The number of aromatic nitrogens is 1. The molecule has 0 bridgehead atoms. The Morgan fingerprint density at radius 3 is 2.62 bits per heavy atom. The molecular formula is C19H23Cl2IN4O3. The van der Waals surface area contributed by atoms with E-state index in [1.54, 1.807) is 17.2 Å². The lowest BCUT2D eigenvalue weighted by molar-refractivity contribution is -0.133. The minimum absolute atomic E-state index is 0.0306. The Balaban J connectivity index is 2.03. The fourth-order valence-corrected chi connectivity index (χ4v) is 4.58. The average Bonchev–Trinajstić information content (AvgIpc) is 2.67. The topological polar surface area (TPSA) is 88.8 Å². The van der Waals surface area contributed by atoms with E-state index < -0.39 is 32.9 Å². The third kappa shape index (κ3) is 6.97. The van der Waals surface area contributed by atoms with Crippen molar-refractivity contribution < 1.29 is 14.3 Å². The van der Waals surface area contributed by atoms with Crippen molar-refractivity contribution in [1.29, 1.82) is 0 Å². The quantitative estimate of drug-likeness (QED) is 0.411. The van der Waals surface area contributed by atoms with Crippen molar-refractivity contribution in [3.63, 3.8) is 0 Å². The first-order chi connectivity index (χ1) is 13.8. The molecule has 1 saturated heterocycles. The molecule has 7 nitrogen and oxygen atoms in total. The molecule has 158 valence electrons. The number of ether oxygens (including phenoxy) is 1. The van der Waals surface area contributed by atoms with Gasteiger partial charge in [-0.25, -0.2) is 9.78 Å². The van der Waals surface area contributed by atoms with Gasteiger partial charge in [-0.15, -0.1) is 20.7 Å². The van der Waals surface area contributed by atoms with Crippen LogP contribution in [0.3, 0.4) is 0 Å². The number of hydrogen-bond donors (Lipinski definition) is 1. The van der Waals surface area contributed by atoms with Crippen molar-refractivity contribution in [3.8, 4) is 0 Å². The molecule has 1 aliphatic rings. The molecule has 0 saturated carbocycles. The highest BCUT2D eigenvalue weighted by Gasteiger charge is 2.27. The maximum absolute atomic E-state index is 12.8. The maximum atomic E-state index is 12.8. The van der Waals surface area contributed by atoms with Gasteiger partial charge in [0.2, 0.25) is 5.91 Å². The van der Waals surface area contributed by atoms with Gasteiger partial charge in [-0.2, -0.15) is 0 Å². The van der Waals surface area contributed by atoms with Crippen molar-refractivity contribution in [2.75, 3.05) is 31.1 Å². The number of piperazine rings is 1. The average molecular weight is 553 g/mol. The second-order valence-electron chi connectivity index (χ2n) is 6.22. The number of pyridine rings is 1. The summed E-state index contributed by atoms with van der Waals surface area (Å²) in [5.41, 5.74) is 5.95. The number of nitrogens with zero attached hydrogens (tertiary/aromatic N) is 3. The van der Waals surface area contributed by atoms with Crippen molar-refractivity contribution in [3.05, 3.63) is 44.1 Å². The number of carbonyl (C=O) groups excluding carboxylic acids is 2. The van der Waals surface area contributed by atoms with Gasteiger partial charge in [0.1, 0.15) is 11.9 Å². The maximum Gasteiger partial charge on any atom is 0.405 e. The second kappa shape index (κ2) is 11.5. The molecule has 2 N–H and O–H groups in total. The Kier molecular flexibility index (Phi) is 9.38. The van der Waals surface area contributed by atoms with Crippen molar-refractivity contribution in [2.24, 2.45) is 5.73 Å². The van der Waals surface area contributed by atoms with Crippen molar-refractivity contribution >= 4 is 66.3 Å². The summed E-state index contributed by atoms with van der Waals surface area (Å²) >= 11 is 11.7. The summed E-state index contributed by atoms with van der Waals surface area (Å²) in [6, 6.07) is 1.65. The van der Waals surface area contributed by atoms with Crippen LogP contribution in [0.5, 0.6) is 0 Å². The molecular weight excluding hydrogens is 530 g/mol. The monoisotopic (exact) mass is 552 g/mol. The summed E-state index contributed by atoms with van der Waals surface area (Å²) in [6.45, 7) is 4.04. The summed E-state index contributed by atoms with van der Waals surface area (Å²) < 4.78 is 11.0. The molecule has 0 aromatic carbocycles. The van der Waals surface area contributed by atoms with Crippen LogP contribution in [0.1, 0.15) is 13.3 Å². The number of primary amides is 1. The SMILES string of the molecule is C=I/C=C(\C=C/C)C(CC(=O)N1CCN(c2ncc(Cl)cc2Cl)CC1)OC(N)=O.